The van der Waals surface area contributed by atoms with Gasteiger partial charge in [-0.05, 0) is 58.7 Å². The second-order valence-electron chi connectivity index (χ2n) is 8.15. The molecule has 1 N–H and O–H groups in total. The smallest absolute Gasteiger partial charge is 0.227 e. The Morgan fingerprint density at radius 1 is 1.17 bits per heavy atom. The fourth-order valence-electron chi connectivity index (χ4n) is 3.86. The van der Waals surface area contributed by atoms with Gasteiger partial charge in [0.25, 0.3) is 0 Å². The topological polar surface area (TPSA) is 67.2 Å². The number of nitrogens with one attached hydrogen (secondary N) is 1. The Morgan fingerprint density at radius 3 is 2.43 bits per heavy atom. The summed E-state index contributed by atoms with van der Waals surface area (Å²) in [5, 5.41) is 8.52. The average Bonchev–Trinajstić information content (AvgIpc) is 2.98. The van der Waals surface area contributed by atoms with Crippen LogP contribution in [0, 0.1) is 19.8 Å². The van der Waals surface area contributed by atoms with Gasteiger partial charge in [-0.2, -0.15) is 5.10 Å². The second-order valence-corrected chi connectivity index (χ2v) is 8.97. The first-order valence-electron chi connectivity index (χ1n) is 10.3. The van der Waals surface area contributed by atoms with Gasteiger partial charge >= 0.3 is 0 Å². The molecule has 0 atom stereocenters. The van der Waals surface area contributed by atoms with Gasteiger partial charge in [0.2, 0.25) is 11.8 Å². The number of hydrogen-bond donors (Lipinski definition) is 1. The lowest BCUT2D eigenvalue weighted by Crippen LogP contribution is -2.44. The lowest BCUT2D eigenvalue weighted by atomic mass is 9.95. The molecular formula is C22H28Cl2N4O2. The van der Waals surface area contributed by atoms with E-state index in [4.69, 9.17) is 23.2 Å². The van der Waals surface area contributed by atoms with Crippen molar-refractivity contribution in [2.24, 2.45) is 5.92 Å². The van der Waals surface area contributed by atoms with E-state index in [1.807, 2.05) is 38.7 Å². The summed E-state index contributed by atoms with van der Waals surface area (Å²) in [4.78, 5) is 27.0. The van der Waals surface area contributed by atoms with E-state index >= 15 is 0 Å². The zero-order valence-corrected chi connectivity index (χ0v) is 19.3. The van der Waals surface area contributed by atoms with E-state index in [9.17, 15) is 9.59 Å². The first-order chi connectivity index (χ1) is 14.2. The Morgan fingerprint density at radius 2 is 1.83 bits per heavy atom. The van der Waals surface area contributed by atoms with Crippen LogP contribution in [0.25, 0.3) is 5.69 Å². The molecule has 0 radical (unpaired) electrons. The summed E-state index contributed by atoms with van der Waals surface area (Å²) in [7, 11) is 0. The molecule has 2 heterocycles. The lowest BCUT2D eigenvalue weighted by Gasteiger charge is -2.31. The first kappa shape index (κ1) is 22.6. The molecule has 162 valence electrons. The third kappa shape index (κ3) is 4.98. The van der Waals surface area contributed by atoms with Crippen molar-refractivity contribution in [1.82, 2.24) is 20.0 Å². The third-order valence-corrected chi connectivity index (χ3v) is 6.31. The van der Waals surface area contributed by atoms with Crippen molar-refractivity contribution in [2.45, 2.75) is 53.0 Å². The standard InChI is InChI=1S/C22H28Cl2N4O2/c1-13(2)25-22(30)16-7-9-27(10-8-16)21(29)12-18-14(3)26-28(15(18)4)17-5-6-19(23)20(24)11-17/h5-6,11,13,16H,7-10,12H2,1-4H3,(H,25,30). The summed E-state index contributed by atoms with van der Waals surface area (Å²) < 4.78 is 1.79. The molecular weight excluding hydrogens is 423 g/mol. The maximum absolute atomic E-state index is 12.9. The van der Waals surface area contributed by atoms with Crippen molar-refractivity contribution in [1.29, 1.82) is 0 Å². The number of benzene rings is 1. The predicted octanol–water partition coefficient (Wildman–Crippen LogP) is 4.10. The molecule has 1 aliphatic rings. The number of carbonyl (C=O) groups excluding carboxylic acids is 2. The molecule has 0 bridgehead atoms. The van der Waals surface area contributed by atoms with Crippen LogP contribution in [-0.2, 0) is 16.0 Å². The summed E-state index contributed by atoms with van der Waals surface area (Å²) >= 11 is 12.2. The van der Waals surface area contributed by atoms with Crippen LogP contribution in [0.5, 0.6) is 0 Å². The molecule has 3 rings (SSSR count). The Bertz CT molecular complexity index is 947. The van der Waals surface area contributed by atoms with Gasteiger partial charge in [0.15, 0.2) is 0 Å². The number of aryl methyl sites for hydroxylation is 1. The third-order valence-electron chi connectivity index (χ3n) is 5.57. The fourth-order valence-corrected chi connectivity index (χ4v) is 4.15. The van der Waals surface area contributed by atoms with Crippen molar-refractivity contribution >= 4 is 35.0 Å². The molecule has 2 aromatic rings. The van der Waals surface area contributed by atoms with E-state index in [-0.39, 0.29) is 23.8 Å². The van der Waals surface area contributed by atoms with Crippen molar-refractivity contribution in [3.05, 3.63) is 45.2 Å². The van der Waals surface area contributed by atoms with E-state index in [0.717, 1.165) is 22.6 Å². The van der Waals surface area contributed by atoms with E-state index in [1.165, 1.54) is 0 Å². The van der Waals surface area contributed by atoms with Crippen molar-refractivity contribution in [3.8, 4) is 5.69 Å². The summed E-state index contributed by atoms with van der Waals surface area (Å²) in [6.07, 6.45) is 1.69. The van der Waals surface area contributed by atoms with Crippen LogP contribution in [0.2, 0.25) is 10.0 Å². The van der Waals surface area contributed by atoms with Crippen LogP contribution < -0.4 is 5.32 Å². The van der Waals surface area contributed by atoms with Gasteiger partial charge in [-0.3, -0.25) is 9.59 Å². The monoisotopic (exact) mass is 450 g/mol. The number of likely N-dealkylation sites (tertiary alicyclic amines) is 1. The first-order valence-corrected chi connectivity index (χ1v) is 11.0. The quantitative estimate of drug-likeness (QED) is 0.745. The number of aromatic nitrogens is 2. The van der Waals surface area contributed by atoms with Crippen LogP contribution in [0.1, 0.15) is 43.6 Å². The largest absolute Gasteiger partial charge is 0.354 e. The molecule has 1 aromatic heterocycles. The summed E-state index contributed by atoms with van der Waals surface area (Å²) in [6.45, 7) is 8.99. The number of carbonyl (C=O) groups is 2. The zero-order valence-electron chi connectivity index (χ0n) is 17.8. The molecule has 30 heavy (non-hydrogen) atoms. The lowest BCUT2D eigenvalue weighted by molar-refractivity contribution is -0.135. The van der Waals surface area contributed by atoms with E-state index in [0.29, 0.717) is 42.4 Å². The summed E-state index contributed by atoms with van der Waals surface area (Å²) in [5.41, 5.74) is 3.45. The Labute approximate surface area is 187 Å². The highest BCUT2D eigenvalue weighted by Gasteiger charge is 2.28. The molecule has 0 aliphatic carbocycles. The zero-order chi connectivity index (χ0) is 22.0. The van der Waals surface area contributed by atoms with E-state index < -0.39 is 0 Å². The number of rotatable bonds is 5. The maximum atomic E-state index is 12.9. The van der Waals surface area contributed by atoms with Crippen LogP contribution >= 0.6 is 23.2 Å². The Kier molecular flexibility index (Phi) is 7.09. The van der Waals surface area contributed by atoms with Gasteiger partial charge in [0.05, 0.1) is 27.8 Å². The number of hydrogen-bond acceptors (Lipinski definition) is 3. The number of nitrogens with zero attached hydrogens (tertiary/aromatic N) is 3. The van der Waals surface area contributed by atoms with E-state index in [1.54, 1.807) is 16.8 Å². The maximum Gasteiger partial charge on any atom is 0.227 e. The van der Waals surface area contributed by atoms with Gasteiger partial charge in [-0.25, -0.2) is 4.68 Å². The normalized spacial score (nSPS) is 15.0. The van der Waals surface area contributed by atoms with Gasteiger partial charge in [-0.15, -0.1) is 0 Å². The van der Waals surface area contributed by atoms with Crippen LogP contribution in [0.4, 0.5) is 0 Å². The molecule has 0 saturated carbocycles. The van der Waals surface area contributed by atoms with Gasteiger partial charge in [0.1, 0.15) is 0 Å². The van der Waals surface area contributed by atoms with Crippen LogP contribution in [0.15, 0.2) is 18.2 Å². The Hall–Kier alpha value is -2.05. The van der Waals surface area contributed by atoms with Gasteiger partial charge in [0, 0.05) is 36.3 Å². The van der Waals surface area contributed by atoms with Gasteiger partial charge in [-0.1, -0.05) is 23.2 Å². The molecule has 0 spiro atoms. The van der Waals surface area contributed by atoms with Crippen LogP contribution in [-0.4, -0.2) is 45.6 Å². The molecule has 1 fully saturated rings. The molecule has 1 aliphatic heterocycles. The molecule has 2 amide bonds. The second kappa shape index (κ2) is 9.40. The highest BCUT2D eigenvalue weighted by molar-refractivity contribution is 6.42. The van der Waals surface area contributed by atoms with Crippen molar-refractivity contribution in [2.75, 3.05) is 13.1 Å². The minimum Gasteiger partial charge on any atom is -0.354 e. The minimum absolute atomic E-state index is 0.0164. The number of amides is 2. The van der Waals surface area contributed by atoms with Crippen molar-refractivity contribution < 1.29 is 9.59 Å². The van der Waals surface area contributed by atoms with Crippen LogP contribution in [0.3, 0.4) is 0 Å². The van der Waals surface area contributed by atoms with Gasteiger partial charge < -0.3 is 10.2 Å². The molecule has 6 nitrogen and oxygen atoms in total. The molecule has 1 aromatic carbocycles. The Balaban J connectivity index is 1.67. The van der Waals surface area contributed by atoms with Crippen molar-refractivity contribution in [3.63, 3.8) is 0 Å². The summed E-state index contributed by atoms with van der Waals surface area (Å²) in [5.74, 6) is 0.140. The molecule has 1 saturated heterocycles. The number of halogens is 2. The predicted molar refractivity (Wildman–Crippen MR) is 119 cm³/mol. The summed E-state index contributed by atoms with van der Waals surface area (Å²) in [6, 6.07) is 5.49. The SMILES string of the molecule is Cc1nn(-c2ccc(Cl)c(Cl)c2)c(C)c1CC(=O)N1CCC(C(=O)NC(C)C)CC1. The van der Waals surface area contributed by atoms with E-state index in [2.05, 4.69) is 10.4 Å². The fraction of sp³-hybridized carbons (Fsp3) is 0.500. The highest BCUT2D eigenvalue weighted by Crippen LogP contribution is 2.27. The minimum atomic E-state index is -0.0164. The number of piperidine rings is 1. The molecule has 8 heteroatoms. The average molecular weight is 451 g/mol. The highest BCUT2D eigenvalue weighted by atomic mass is 35.5. The molecule has 0 unspecified atom stereocenters.